The van der Waals surface area contributed by atoms with E-state index in [2.05, 4.69) is 75.4 Å². The number of methoxy groups -OCH3 is 1. The van der Waals surface area contributed by atoms with Gasteiger partial charge in [0.15, 0.2) is 22.4 Å². The molecule has 2 heterocycles. The fourth-order valence-electron chi connectivity index (χ4n) is 6.68. The topological polar surface area (TPSA) is 63.2 Å². The van der Waals surface area contributed by atoms with Crippen molar-refractivity contribution < 1.29 is 27.9 Å². The van der Waals surface area contributed by atoms with Gasteiger partial charge in [-0.05, 0) is 34.8 Å². The highest BCUT2D eigenvalue weighted by molar-refractivity contribution is 6.77. The van der Waals surface area contributed by atoms with Crippen LogP contribution in [0.25, 0.3) is 0 Å². The second-order valence-electron chi connectivity index (χ2n) is 14.4. The van der Waals surface area contributed by atoms with Crippen molar-refractivity contribution in [3.63, 3.8) is 0 Å². The Morgan fingerprint density at radius 2 is 1.42 bits per heavy atom. The van der Waals surface area contributed by atoms with Gasteiger partial charge in [0.05, 0.1) is 31.0 Å². The van der Waals surface area contributed by atoms with E-state index in [0.29, 0.717) is 55.3 Å². The summed E-state index contributed by atoms with van der Waals surface area (Å²) < 4.78 is 33.5. The summed E-state index contributed by atoms with van der Waals surface area (Å²) in [6.07, 6.45) is 3.42. The lowest BCUT2D eigenvalue weighted by atomic mass is 9.88. The lowest BCUT2D eigenvalue weighted by molar-refractivity contribution is -0.340. The van der Waals surface area contributed by atoms with Crippen molar-refractivity contribution in [1.82, 2.24) is 0 Å². The maximum atomic E-state index is 12.4. The van der Waals surface area contributed by atoms with E-state index in [1.54, 1.807) is 7.11 Å². The number of carbonyl (C=O) groups is 1. The summed E-state index contributed by atoms with van der Waals surface area (Å²) >= 11 is 0. The molecular formula is C30H60O6Si2. The number of rotatable bonds is 12. The first-order valence-corrected chi connectivity index (χ1v) is 20.2. The zero-order valence-corrected chi connectivity index (χ0v) is 28.9. The molecule has 6 nitrogen and oxygen atoms in total. The van der Waals surface area contributed by atoms with Crippen LogP contribution in [0.1, 0.15) is 108 Å². The van der Waals surface area contributed by atoms with Crippen LogP contribution in [0.2, 0.25) is 34.8 Å². The first-order valence-electron chi connectivity index (χ1n) is 15.1. The first kappa shape index (κ1) is 34.1. The largest absolute Gasteiger partial charge is 0.414 e. The van der Waals surface area contributed by atoms with Crippen molar-refractivity contribution in [3.8, 4) is 0 Å². The average Bonchev–Trinajstić information content (AvgIpc) is 2.76. The molecule has 0 N–H and O–H groups in total. The Bertz CT molecular complexity index is 741. The van der Waals surface area contributed by atoms with Crippen LogP contribution < -0.4 is 0 Å². The number of hydrogen-bond donors (Lipinski definition) is 0. The molecule has 224 valence electrons. The fraction of sp³-hybridized carbons (Fsp3) is 0.967. The minimum atomic E-state index is -2.05. The summed E-state index contributed by atoms with van der Waals surface area (Å²) in [5.41, 5.74) is 1.52. The van der Waals surface area contributed by atoms with Crippen molar-refractivity contribution in [3.05, 3.63) is 0 Å². The smallest absolute Gasteiger partial charge is 0.200 e. The highest BCUT2D eigenvalue weighted by Crippen LogP contribution is 2.47. The van der Waals surface area contributed by atoms with Crippen LogP contribution in [-0.2, 0) is 27.9 Å². The van der Waals surface area contributed by atoms with E-state index in [1.165, 1.54) is 0 Å². The van der Waals surface area contributed by atoms with E-state index >= 15 is 0 Å². The van der Waals surface area contributed by atoms with Crippen molar-refractivity contribution in [2.24, 2.45) is 0 Å². The highest BCUT2D eigenvalue weighted by atomic mass is 28.4. The molecule has 5 atom stereocenters. The lowest BCUT2D eigenvalue weighted by Crippen LogP contribution is -2.59. The minimum Gasteiger partial charge on any atom is -0.414 e. The summed E-state index contributed by atoms with van der Waals surface area (Å²) in [7, 11) is -2.32. The molecule has 1 spiro atoms. The quantitative estimate of drug-likeness (QED) is 0.221. The van der Waals surface area contributed by atoms with E-state index in [0.717, 1.165) is 6.42 Å². The Morgan fingerprint density at radius 3 is 1.89 bits per heavy atom. The Kier molecular flexibility index (Phi) is 11.9. The second kappa shape index (κ2) is 13.3. The molecule has 0 aromatic rings. The third kappa shape index (κ3) is 8.01. The Morgan fingerprint density at radius 1 is 0.921 bits per heavy atom. The van der Waals surface area contributed by atoms with Crippen LogP contribution in [-0.4, -0.2) is 66.3 Å². The molecule has 2 aliphatic heterocycles. The molecule has 8 heteroatoms. The van der Waals surface area contributed by atoms with Gasteiger partial charge in [-0.1, -0.05) is 69.2 Å². The predicted octanol–water partition coefficient (Wildman–Crippen LogP) is 8.01. The van der Waals surface area contributed by atoms with Crippen LogP contribution in [0.4, 0.5) is 0 Å². The average molecular weight is 573 g/mol. The molecular weight excluding hydrogens is 512 g/mol. The second-order valence-corrected chi connectivity index (χ2v) is 24.6. The standard InChI is InChI=1S/C30H60O6Si2/c1-14-24(31)15-25-16-26(32-11)18-30(34-25)19-27(36-37(12,13)29(8,9)10)17-28(35-30)20-33-38(21(2)3,22(4)5)23(6)7/h21-23,25-28H,14-20H2,1-13H3/t25-,26+,27+,28-,30-/m1/s1. The number of carbonyl (C=O) groups excluding carboxylic acids is 1. The maximum absolute atomic E-state index is 12.4. The Labute approximate surface area is 236 Å². The third-order valence-corrected chi connectivity index (χ3v) is 20.2. The maximum Gasteiger partial charge on any atom is 0.200 e. The van der Waals surface area contributed by atoms with Gasteiger partial charge in [-0.25, -0.2) is 0 Å². The fourth-order valence-corrected chi connectivity index (χ4v) is 13.5. The predicted molar refractivity (Wildman–Crippen MR) is 161 cm³/mol. The summed E-state index contributed by atoms with van der Waals surface area (Å²) in [5.74, 6) is -0.609. The van der Waals surface area contributed by atoms with Crippen LogP contribution in [0.15, 0.2) is 0 Å². The zero-order valence-electron chi connectivity index (χ0n) is 26.9. The van der Waals surface area contributed by atoms with Gasteiger partial charge in [-0.15, -0.1) is 0 Å². The molecule has 2 saturated heterocycles. The Hall–Kier alpha value is -0.0962. The molecule has 0 amide bonds. The van der Waals surface area contributed by atoms with Gasteiger partial charge < -0.3 is 23.1 Å². The van der Waals surface area contributed by atoms with Crippen molar-refractivity contribution >= 4 is 22.4 Å². The van der Waals surface area contributed by atoms with Gasteiger partial charge >= 0.3 is 0 Å². The van der Waals surface area contributed by atoms with Gasteiger partial charge in [0, 0.05) is 45.6 Å². The normalized spacial score (nSPS) is 29.6. The van der Waals surface area contributed by atoms with Crippen LogP contribution in [0.3, 0.4) is 0 Å². The van der Waals surface area contributed by atoms with Gasteiger partial charge in [-0.3, -0.25) is 4.79 Å². The van der Waals surface area contributed by atoms with Crippen molar-refractivity contribution in [2.75, 3.05) is 13.7 Å². The number of ketones is 1. The molecule has 2 fully saturated rings. The summed E-state index contributed by atoms with van der Waals surface area (Å²) in [6.45, 7) is 27.9. The molecule has 0 radical (unpaired) electrons. The van der Waals surface area contributed by atoms with Crippen LogP contribution >= 0.6 is 0 Å². The monoisotopic (exact) mass is 572 g/mol. The first-order chi connectivity index (χ1) is 17.4. The minimum absolute atomic E-state index is 0.0120. The SMILES string of the molecule is CCC(=O)C[C@@H]1C[C@H](OC)C[C@@]2(C[C@@H](O[Si](C)(C)C(C)(C)C)C[C@H](CO[Si](C(C)C)(C(C)C)C(C)C)O2)O1. The van der Waals surface area contributed by atoms with E-state index in [4.69, 9.17) is 23.1 Å². The molecule has 2 rings (SSSR count). The summed E-state index contributed by atoms with van der Waals surface area (Å²) in [6, 6.07) is 0. The van der Waals surface area contributed by atoms with Gasteiger partial charge in [-0.2, -0.15) is 0 Å². The van der Waals surface area contributed by atoms with Gasteiger partial charge in [0.2, 0.25) is 0 Å². The Balaban J connectivity index is 2.39. The van der Waals surface area contributed by atoms with Gasteiger partial charge in [0.1, 0.15) is 5.78 Å². The molecule has 0 aromatic carbocycles. The van der Waals surface area contributed by atoms with Gasteiger partial charge in [0.25, 0.3) is 0 Å². The summed E-state index contributed by atoms with van der Waals surface area (Å²) in [4.78, 5) is 12.4. The van der Waals surface area contributed by atoms with Crippen molar-refractivity contribution in [1.29, 1.82) is 0 Å². The number of Topliss-reactive ketones (excluding diaryl/α,β-unsaturated/α-hetero) is 1. The molecule has 38 heavy (non-hydrogen) atoms. The molecule has 2 aliphatic rings. The highest BCUT2D eigenvalue weighted by Gasteiger charge is 2.52. The zero-order chi connectivity index (χ0) is 29.1. The van der Waals surface area contributed by atoms with E-state index < -0.39 is 22.4 Å². The van der Waals surface area contributed by atoms with Crippen molar-refractivity contribution in [2.45, 2.75) is 173 Å². The molecule has 0 unspecified atom stereocenters. The third-order valence-electron chi connectivity index (χ3n) is 9.57. The van der Waals surface area contributed by atoms with Crippen LogP contribution in [0.5, 0.6) is 0 Å². The number of ether oxygens (including phenoxy) is 3. The molecule has 0 saturated carbocycles. The molecule has 0 aliphatic carbocycles. The summed E-state index contributed by atoms with van der Waals surface area (Å²) in [5, 5.41) is 0.109. The molecule has 0 bridgehead atoms. The van der Waals surface area contributed by atoms with Crippen LogP contribution in [0, 0.1) is 0 Å². The molecule has 0 aromatic heterocycles. The number of hydrogen-bond acceptors (Lipinski definition) is 6. The van der Waals surface area contributed by atoms with E-state index in [9.17, 15) is 4.79 Å². The van der Waals surface area contributed by atoms with E-state index in [-0.39, 0.29) is 35.2 Å². The van der Waals surface area contributed by atoms with E-state index in [1.807, 2.05) is 6.92 Å². The lowest BCUT2D eigenvalue weighted by Gasteiger charge is -2.52.